The van der Waals surface area contributed by atoms with Crippen molar-refractivity contribution < 1.29 is 13.2 Å². The van der Waals surface area contributed by atoms with E-state index in [0.717, 1.165) is 18.8 Å². The van der Waals surface area contributed by atoms with Crippen LogP contribution in [0.3, 0.4) is 0 Å². The molecule has 0 aliphatic carbocycles. The number of piperidine rings is 1. The van der Waals surface area contributed by atoms with Crippen LogP contribution < -0.4 is 5.32 Å². The van der Waals surface area contributed by atoms with Crippen LogP contribution in [0.25, 0.3) is 0 Å². The summed E-state index contributed by atoms with van der Waals surface area (Å²) in [7, 11) is -1.12. The Hall–Kier alpha value is -1.44. The molecule has 2 heterocycles. The van der Waals surface area contributed by atoms with Gasteiger partial charge in [0.1, 0.15) is 0 Å². The second-order valence-corrected chi connectivity index (χ2v) is 10.3. The molecule has 0 aromatic heterocycles. The fourth-order valence-corrected chi connectivity index (χ4v) is 5.80. The molecule has 6 nitrogen and oxygen atoms in total. The van der Waals surface area contributed by atoms with Gasteiger partial charge < -0.3 is 5.32 Å². The Morgan fingerprint density at radius 3 is 2.59 bits per heavy atom. The quantitative estimate of drug-likeness (QED) is 0.802. The number of hydrogen-bond acceptors (Lipinski definition) is 5. The first-order valence-electron chi connectivity index (χ1n) is 9.86. The zero-order valence-corrected chi connectivity index (χ0v) is 17.2. The molecule has 2 aliphatic rings. The van der Waals surface area contributed by atoms with Crippen molar-refractivity contribution in [2.75, 3.05) is 37.0 Å². The van der Waals surface area contributed by atoms with Crippen LogP contribution in [-0.4, -0.2) is 67.9 Å². The summed E-state index contributed by atoms with van der Waals surface area (Å²) in [5.41, 5.74) is 2.04. The molecule has 7 heteroatoms. The number of nitrogens with zero attached hydrogens (tertiary/aromatic N) is 2. The Labute approximate surface area is 162 Å². The largest absolute Gasteiger partial charge is 0.325 e. The van der Waals surface area contributed by atoms with Crippen molar-refractivity contribution in [3.63, 3.8) is 0 Å². The monoisotopic (exact) mass is 393 g/mol. The van der Waals surface area contributed by atoms with Crippen LogP contribution in [0.5, 0.6) is 0 Å². The fraction of sp³-hybridized carbons (Fsp3) is 0.650. The molecule has 2 atom stereocenters. The lowest BCUT2D eigenvalue weighted by molar-refractivity contribution is -0.117. The van der Waals surface area contributed by atoms with E-state index in [1.54, 1.807) is 0 Å². The highest BCUT2D eigenvalue weighted by Gasteiger charge is 2.31. The van der Waals surface area contributed by atoms with E-state index in [-0.39, 0.29) is 30.0 Å². The number of anilines is 1. The fourth-order valence-electron chi connectivity index (χ4n) is 4.00. The van der Waals surface area contributed by atoms with E-state index >= 15 is 0 Å². The molecule has 1 aromatic rings. The van der Waals surface area contributed by atoms with Crippen molar-refractivity contribution in [3.8, 4) is 0 Å². The molecule has 2 unspecified atom stereocenters. The van der Waals surface area contributed by atoms with Gasteiger partial charge in [-0.1, -0.05) is 18.6 Å². The zero-order chi connectivity index (χ0) is 19.4. The third-order valence-electron chi connectivity index (χ3n) is 5.79. The van der Waals surface area contributed by atoms with E-state index in [4.69, 9.17) is 0 Å². The molecular weight excluding hydrogens is 362 g/mol. The highest BCUT2D eigenvalue weighted by atomic mass is 32.2. The van der Waals surface area contributed by atoms with E-state index in [1.807, 2.05) is 24.1 Å². The number of carbonyl (C=O) groups excluding carboxylic acids is 1. The van der Waals surface area contributed by atoms with Gasteiger partial charge in [0.15, 0.2) is 9.84 Å². The number of nitrogens with one attached hydrogen (secondary N) is 1. The molecule has 1 N–H and O–H groups in total. The maximum Gasteiger partial charge on any atom is 0.238 e. The summed E-state index contributed by atoms with van der Waals surface area (Å²) in [6.07, 6.45) is 4.47. The number of sulfone groups is 1. The van der Waals surface area contributed by atoms with E-state index in [1.165, 1.54) is 24.8 Å². The SMILES string of the molecule is CC1CCCCN1Cc1ccc(NC(=O)CN(C)C2CCS(=O)(=O)C2)cc1. The van der Waals surface area contributed by atoms with Crippen LogP contribution in [0.4, 0.5) is 5.69 Å². The van der Waals surface area contributed by atoms with Gasteiger partial charge >= 0.3 is 0 Å². The summed E-state index contributed by atoms with van der Waals surface area (Å²) in [6, 6.07) is 8.61. The molecule has 1 amide bonds. The molecule has 2 fully saturated rings. The number of carbonyl (C=O) groups is 1. The van der Waals surface area contributed by atoms with E-state index < -0.39 is 9.84 Å². The summed E-state index contributed by atoms with van der Waals surface area (Å²) >= 11 is 0. The zero-order valence-electron chi connectivity index (χ0n) is 16.4. The van der Waals surface area contributed by atoms with Gasteiger partial charge in [0.05, 0.1) is 18.1 Å². The first-order valence-corrected chi connectivity index (χ1v) is 11.7. The lowest BCUT2D eigenvalue weighted by Crippen LogP contribution is -2.38. The lowest BCUT2D eigenvalue weighted by atomic mass is 10.0. The van der Waals surface area contributed by atoms with Gasteiger partial charge in [-0.05, 0) is 57.5 Å². The van der Waals surface area contributed by atoms with Crippen molar-refractivity contribution in [2.45, 2.75) is 51.2 Å². The van der Waals surface area contributed by atoms with Crippen LogP contribution in [0, 0.1) is 0 Å². The Morgan fingerprint density at radius 2 is 1.96 bits per heavy atom. The highest BCUT2D eigenvalue weighted by molar-refractivity contribution is 7.91. The Balaban J connectivity index is 1.48. The predicted octanol–water partition coefficient (Wildman–Crippen LogP) is 2.12. The number of hydrogen-bond donors (Lipinski definition) is 1. The van der Waals surface area contributed by atoms with Gasteiger partial charge in [0, 0.05) is 24.3 Å². The lowest BCUT2D eigenvalue weighted by Gasteiger charge is -2.33. The molecule has 0 bridgehead atoms. The van der Waals surface area contributed by atoms with Gasteiger partial charge in [-0.3, -0.25) is 14.6 Å². The van der Waals surface area contributed by atoms with Crippen molar-refractivity contribution in [1.29, 1.82) is 0 Å². The second kappa shape index (κ2) is 8.71. The Kier molecular flexibility index (Phi) is 6.55. The number of benzene rings is 1. The van der Waals surface area contributed by atoms with Gasteiger partial charge in [-0.2, -0.15) is 0 Å². The van der Waals surface area contributed by atoms with Crippen LogP contribution in [0.1, 0.15) is 38.2 Å². The van der Waals surface area contributed by atoms with Gasteiger partial charge in [-0.15, -0.1) is 0 Å². The van der Waals surface area contributed by atoms with Crippen molar-refractivity contribution >= 4 is 21.4 Å². The van der Waals surface area contributed by atoms with Crippen molar-refractivity contribution in [2.24, 2.45) is 0 Å². The third kappa shape index (κ3) is 5.77. The molecule has 0 saturated carbocycles. The van der Waals surface area contributed by atoms with E-state index in [9.17, 15) is 13.2 Å². The molecule has 0 radical (unpaired) electrons. The second-order valence-electron chi connectivity index (χ2n) is 8.03. The first kappa shape index (κ1) is 20.3. The van der Waals surface area contributed by atoms with Crippen LogP contribution in [0.2, 0.25) is 0 Å². The minimum absolute atomic E-state index is 0.0605. The number of likely N-dealkylation sites (tertiary alicyclic amines) is 1. The minimum atomic E-state index is -2.93. The van der Waals surface area contributed by atoms with Crippen LogP contribution in [-0.2, 0) is 21.2 Å². The molecule has 150 valence electrons. The van der Waals surface area contributed by atoms with Crippen molar-refractivity contribution in [3.05, 3.63) is 29.8 Å². The molecule has 1 aromatic carbocycles. The van der Waals surface area contributed by atoms with E-state index in [2.05, 4.69) is 29.3 Å². The Morgan fingerprint density at radius 1 is 1.22 bits per heavy atom. The molecule has 27 heavy (non-hydrogen) atoms. The average Bonchev–Trinajstić information content (AvgIpc) is 2.99. The molecule has 0 spiro atoms. The average molecular weight is 394 g/mol. The molecule has 2 saturated heterocycles. The first-order chi connectivity index (χ1) is 12.8. The predicted molar refractivity (Wildman–Crippen MR) is 108 cm³/mol. The number of likely N-dealkylation sites (N-methyl/N-ethyl adjacent to an activating group) is 1. The van der Waals surface area contributed by atoms with Crippen LogP contribution >= 0.6 is 0 Å². The highest BCUT2D eigenvalue weighted by Crippen LogP contribution is 2.20. The topological polar surface area (TPSA) is 69.7 Å². The number of amides is 1. The summed E-state index contributed by atoms with van der Waals surface area (Å²) in [5.74, 6) is 0.264. The van der Waals surface area contributed by atoms with Crippen molar-refractivity contribution in [1.82, 2.24) is 9.80 Å². The van der Waals surface area contributed by atoms with Gasteiger partial charge in [-0.25, -0.2) is 8.42 Å². The smallest absolute Gasteiger partial charge is 0.238 e. The van der Waals surface area contributed by atoms with Gasteiger partial charge in [0.2, 0.25) is 5.91 Å². The maximum absolute atomic E-state index is 12.3. The molecule has 2 aliphatic heterocycles. The summed E-state index contributed by atoms with van der Waals surface area (Å²) in [5, 5.41) is 2.91. The van der Waals surface area contributed by atoms with Gasteiger partial charge in [0.25, 0.3) is 0 Å². The summed E-state index contributed by atoms with van der Waals surface area (Å²) < 4.78 is 23.2. The normalized spacial score (nSPS) is 25.6. The summed E-state index contributed by atoms with van der Waals surface area (Å²) in [4.78, 5) is 16.6. The molecule has 3 rings (SSSR count). The molecular formula is C20H31N3O3S. The minimum Gasteiger partial charge on any atom is -0.325 e. The third-order valence-corrected chi connectivity index (χ3v) is 7.54. The maximum atomic E-state index is 12.3. The summed E-state index contributed by atoms with van der Waals surface area (Å²) in [6.45, 7) is 4.60. The van der Waals surface area contributed by atoms with Crippen LogP contribution in [0.15, 0.2) is 24.3 Å². The van der Waals surface area contributed by atoms with E-state index in [0.29, 0.717) is 12.5 Å². The standard InChI is InChI=1S/C20H31N3O3S/c1-16-5-3-4-11-23(16)13-17-6-8-18(9-7-17)21-20(24)14-22(2)19-10-12-27(25,26)15-19/h6-9,16,19H,3-5,10-15H2,1-2H3,(H,21,24). The number of rotatable bonds is 6. The Bertz CT molecular complexity index is 748.